The van der Waals surface area contributed by atoms with Crippen LogP contribution >= 0.6 is 11.8 Å². The number of Topliss-reactive ketones (excluding diaryl/α,β-unsaturated/α-hetero) is 1. The zero-order chi connectivity index (χ0) is 25.4. The number of carbonyl (C=O) groups excluding carboxylic acids is 1. The van der Waals surface area contributed by atoms with Gasteiger partial charge < -0.3 is 0 Å². The minimum absolute atomic E-state index is 0.0802. The summed E-state index contributed by atoms with van der Waals surface area (Å²) in [4.78, 5) is 23.0. The Kier molecular flexibility index (Phi) is 6.09. The first-order valence-electron chi connectivity index (χ1n) is 11.6. The predicted molar refractivity (Wildman–Crippen MR) is 145 cm³/mol. The van der Waals surface area contributed by atoms with Gasteiger partial charge in [-0.05, 0) is 61.9 Å². The second-order valence-corrected chi connectivity index (χ2v) is 10.1. The lowest BCUT2D eigenvalue weighted by atomic mass is 9.96. The summed E-state index contributed by atoms with van der Waals surface area (Å²) in [5.41, 5.74) is 5.29. The van der Waals surface area contributed by atoms with E-state index in [0.717, 1.165) is 28.1 Å². The number of nitro benzene ring substituents is 1. The molecule has 9 heteroatoms. The average Bonchev–Trinajstić information content (AvgIpc) is 3.26. The molecule has 3 aromatic carbocycles. The second-order valence-electron chi connectivity index (χ2n) is 8.88. The summed E-state index contributed by atoms with van der Waals surface area (Å²) >= 11 is 1.30. The number of carbonyl (C=O) groups is 1. The van der Waals surface area contributed by atoms with Crippen molar-refractivity contribution >= 4 is 45.4 Å². The molecule has 0 saturated heterocycles. The van der Waals surface area contributed by atoms with Gasteiger partial charge in [0.1, 0.15) is 5.69 Å². The zero-order valence-corrected chi connectivity index (χ0v) is 21.0. The zero-order valence-electron chi connectivity index (χ0n) is 20.2. The minimum atomic E-state index is -0.990. The summed E-state index contributed by atoms with van der Waals surface area (Å²) in [5.74, 6) is -0.197. The van der Waals surface area contributed by atoms with Crippen LogP contribution in [0, 0.1) is 24.0 Å². The number of aryl methyl sites for hydroxylation is 2. The number of nitrogens with zero attached hydrogens (tertiary/aromatic N) is 5. The van der Waals surface area contributed by atoms with Crippen LogP contribution in [0.15, 0.2) is 83.0 Å². The standard InChI is InChI=1S/C27H25N5O3S/c1-18-13-14-19(2)22(17-18)23-15-16-27(30(28-23)21-9-5-4-6-10-21)31(29-26(36-27)20(3)33)24-11-7-8-12-25(24)32(34)35/h4-14,17H,15-16H2,1-3H3. The van der Waals surface area contributed by atoms with Gasteiger partial charge in [-0.2, -0.15) is 10.2 Å². The van der Waals surface area contributed by atoms with Gasteiger partial charge in [0.2, 0.25) is 4.99 Å². The van der Waals surface area contributed by atoms with E-state index in [-0.39, 0.29) is 11.5 Å². The second kappa shape index (κ2) is 9.23. The van der Waals surface area contributed by atoms with Gasteiger partial charge >= 0.3 is 0 Å². The lowest BCUT2D eigenvalue weighted by Gasteiger charge is -2.46. The third kappa shape index (κ3) is 4.05. The molecule has 36 heavy (non-hydrogen) atoms. The molecule has 0 N–H and O–H groups in total. The van der Waals surface area contributed by atoms with E-state index in [4.69, 9.17) is 5.10 Å². The van der Waals surface area contributed by atoms with Crippen LogP contribution in [0.5, 0.6) is 0 Å². The van der Waals surface area contributed by atoms with Gasteiger partial charge in [-0.1, -0.05) is 48.0 Å². The quantitative estimate of drug-likeness (QED) is 0.315. The van der Waals surface area contributed by atoms with E-state index in [1.165, 1.54) is 24.8 Å². The van der Waals surface area contributed by atoms with Crippen LogP contribution in [-0.2, 0) is 4.79 Å². The van der Waals surface area contributed by atoms with Crippen molar-refractivity contribution in [3.63, 3.8) is 0 Å². The summed E-state index contributed by atoms with van der Waals surface area (Å²) in [7, 11) is 0. The van der Waals surface area contributed by atoms with Crippen molar-refractivity contribution in [1.29, 1.82) is 0 Å². The largest absolute Gasteiger partial charge is 0.294 e. The lowest BCUT2D eigenvalue weighted by molar-refractivity contribution is -0.384. The summed E-state index contributed by atoms with van der Waals surface area (Å²) in [6.07, 6.45) is 1.14. The van der Waals surface area contributed by atoms with E-state index in [0.29, 0.717) is 23.6 Å². The first kappa shape index (κ1) is 23.7. The number of hydrazone groups is 2. The number of hydrogen-bond acceptors (Lipinski definition) is 8. The Morgan fingerprint density at radius 3 is 2.44 bits per heavy atom. The van der Waals surface area contributed by atoms with Crippen molar-refractivity contribution in [2.45, 2.75) is 38.6 Å². The highest BCUT2D eigenvalue weighted by Gasteiger charge is 2.54. The molecule has 0 saturated carbocycles. The Hall–Kier alpha value is -3.98. The van der Waals surface area contributed by atoms with Crippen molar-refractivity contribution in [1.82, 2.24) is 0 Å². The van der Waals surface area contributed by atoms with E-state index in [1.54, 1.807) is 23.2 Å². The van der Waals surface area contributed by atoms with E-state index in [1.807, 2.05) is 35.3 Å². The molecule has 1 unspecified atom stereocenters. The number of nitro groups is 1. The molecule has 1 spiro atoms. The van der Waals surface area contributed by atoms with E-state index < -0.39 is 9.92 Å². The van der Waals surface area contributed by atoms with Gasteiger partial charge in [-0.15, -0.1) is 0 Å². The van der Waals surface area contributed by atoms with E-state index >= 15 is 0 Å². The van der Waals surface area contributed by atoms with Crippen LogP contribution in [0.1, 0.15) is 36.5 Å². The minimum Gasteiger partial charge on any atom is -0.292 e. The van der Waals surface area contributed by atoms with Crippen molar-refractivity contribution < 1.29 is 9.72 Å². The first-order chi connectivity index (χ1) is 17.3. The third-order valence-corrected chi connectivity index (χ3v) is 7.77. The van der Waals surface area contributed by atoms with Gasteiger partial charge in [0, 0.05) is 25.0 Å². The van der Waals surface area contributed by atoms with Crippen LogP contribution in [0.25, 0.3) is 0 Å². The molecule has 8 nitrogen and oxygen atoms in total. The summed E-state index contributed by atoms with van der Waals surface area (Å²) < 4.78 is 0. The number of ketones is 1. The molecule has 2 aliphatic rings. The van der Waals surface area contributed by atoms with E-state index in [9.17, 15) is 14.9 Å². The summed E-state index contributed by atoms with van der Waals surface area (Å²) in [6.45, 7) is 5.58. The molecular weight excluding hydrogens is 474 g/mol. The molecule has 0 aliphatic carbocycles. The maximum atomic E-state index is 12.5. The van der Waals surface area contributed by atoms with Gasteiger partial charge in [-0.3, -0.25) is 14.9 Å². The number of para-hydroxylation sites is 3. The Bertz CT molecular complexity index is 1420. The molecule has 0 radical (unpaired) electrons. The van der Waals surface area contributed by atoms with E-state index in [2.05, 4.69) is 37.1 Å². The SMILES string of the molecule is CC(=O)C1=NN(c2ccccc2[N+](=O)[O-])C2(CCC(c3cc(C)ccc3C)=NN2c2ccccc2)S1. The van der Waals surface area contributed by atoms with Crippen molar-refractivity contribution in [3.05, 3.63) is 99.6 Å². The van der Waals surface area contributed by atoms with Gasteiger partial charge in [0.05, 0.1) is 16.3 Å². The Balaban J connectivity index is 1.72. The molecule has 5 rings (SSSR count). The fourth-order valence-corrected chi connectivity index (χ4v) is 5.80. The fraction of sp³-hybridized carbons (Fsp3) is 0.222. The number of thioether (sulfide) groups is 1. The Labute approximate surface area is 213 Å². The molecule has 0 bridgehead atoms. The fourth-order valence-electron chi connectivity index (χ4n) is 4.56. The molecule has 2 aliphatic heterocycles. The van der Waals surface area contributed by atoms with Crippen LogP contribution in [0.4, 0.5) is 17.1 Å². The Morgan fingerprint density at radius 1 is 1.00 bits per heavy atom. The first-order valence-corrected chi connectivity index (χ1v) is 12.4. The molecule has 0 aromatic heterocycles. The van der Waals surface area contributed by atoms with Crippen LogP contribution in [0.2, 0.25) is 0 Å². The van der Waals surface area contributed by atoms with Crippen LogP contribution in [-0.4, -0.2) is 26.5 Å². The molecule has 0 amide bonds. The number of anilines is 2. The predicted octanol–water partition coefficient (Wildman–Crippen LogP) is 6.03. The maximum absolute atomic E-state index is 12.5. The number of rotatable bonds is 5. The van der Waals surface area contributed by atoms with Crippen LogP contribution < -0.4 is 10.0 Å². The van der Waals surface area contributed by atoms with Gasteiger partial charge in [0.25, 0.3) is 5.69 Å². The molecule has 0 fully saturated rings. The van der Waals surface area contributed by atoms with Crippen molar-refractivity contribution in [2.75, 3.05) is 10.0 Å². The highest BCUT2D eigenvalue weighted by Crippen LogP contribution is 2.51. The molecule has 182 valence electrons. The molecule has 2 heterocycles. The lowest BCUT2D eigenvalue weighted by Crippen LogP contribution is -2.56. The molecule has 3 aromatic rings. The van der Waals surface area contributed by atoms with Gasteiger partial charge in [0.15, 0.2) is 10.8 Å². The normalized spacial score (nSPS) is 19.3. The highest BCUT2D eigenvalue weighted by atomic mass is 32.2. The van der Waals surface area contributed by atoms with Crippen LogP contribution in [0.3, 0.4) is 0 Å². The molecular formula is C27H25N5O3S. The van der Waals surface area contributed by atoms with Crippen molar-refractivity contribution in [2.24, 2.45) is 10.2 Å². The van der Waals surface area contributed by atoms with Crippen molar-refractivity contribution in [3.8, 4) is 0 Å². The Morgan fingerprint density at radius 2 is 1.72 bits per heavy atom. The highest BCUT2D eigenvalue weighted by molar-refractivity contribution is 8.17. The number of benzene rings is 3. The summed E-state index contributed by atoms with van der Waals surface area (Å²) in [5, 5.41) is 25.5. The number of hydrogen-bond donors (Lipinski definition) is 0. The third-order valence-electron chi connectivity index (χ3n) is 6.33. The maximum Gasteiger partial charge on any atom is 0.294 e. The smallest absolute Gasteiger partial charge is 0.292 e. The molecule has 1 atom stereocenters. The average molecular weight is 500 g/mol. The monoisotopic (exact) mass is 499 g/mol. The summed E-state index contributed by atoms with van der Waals surface area (Å²) in [6, 6.07) is 22.4. The topological polar surface area (TPSA) is 91.4 Å². The van der Waals surface area contributed by atoms with Gasteiger partial charge in [-0.25, -0.2) is 10.0 Å².